The van der Waals surface area contributed by atoms with Gasteiger partial charge >= 0.3 is 0 Å². The highest BCUT2D eigenvalue weighted by molar-refractivity contribution is 7.13. The molecule has 0 bridgehead atoms. The summed E-state index contributed by atoms with van der Waals surface area (Å²) in [5.74, 6) is -3.35. The second-order valence-electron chi connectivity index (χ2n) is 11.2. The van der Waals surface area contributed by atoms with Crippen molar-refractivity contribution in [2.75, 3.05) is 37.6 Å². The highest BCUT2D eigenvalue weighted by Crippen LogP contribution is 2.37. The Morgan fingerprint density at radius 1 is 1.19 bits per heavy atom. The number of halogens is 2. The van der Waals surface area contributed by atoms with Gasteiger partial charge in [0.25, 0.3) is 5.92 Å². The number of nitrogens with two attached hydrogens (primary N) is 1. The van der Waals surface area contributed by atoms with Crippen LogP contribution in [0.5, 0.6) is 0 Å². The van der Waals surface area contributed by atoms with Gasteiger partial charge in [-0.25, -0.2) is 23.3 Å². The fraction of sp³-hybridized carbons (Fsp3) is 0.433. The number of thiophene rings is 1. The van der Waals surface area contributed by atoms with E-state index in [-0.39, 0.29) is 11.9 Å². The highest BCUT2D eigenvalue weighted by atomic mass is 32.1. The molecule has 2 amide bonds. The van der Waals surface area contributed by atoms with Crippen LogP contribution in [0.3, 0.4) is 0 Å². The maximum absolute atomic E-state index is 13.6. The first-order chi connectivity index (χ1) is 20.6. The number of fused-ring (bicyclic) bond motifs is 1. The number of hydrogen-bond acceptors (Lipinski definition) is 8. The zero-order chi connectivity index (χ0) is 30.5. The number of rotatable bonds is 10. The molecule has 2 fully saturated rings. The third-order valence-electron chi connectivity index (χ3n) is 8.45. The predicted molar refractivity (Wildman–Crippen MR) is 161 cm³/mol. The zero-order valence-electron chi connectivity index (χ0n) is 24.3. The molecule has 6 heterocycles. The van der Waals surface area contributed by atoms with Gasteiger partial charge in [-0.15, -0.1) is 11.3 Å². The molecule has 2 atom stereocenters. The Morgan fingerprint density at radius 3 is 2.56 bits per heavy atom. The molecule has 4 aromatic rings. The molecule has 10 nitrogen and oxygen atoms in total. The van der Waals surface area contributed by atoms with Gasteiger partial charge in [-0.2, -0.15) is 5.10 Å². The van der Waals surface area contributed by atoms with E-state index in [9.17, 15) is 18.4 Å². The zero-order valence-corrected chi connectivity index (χ0v) is 25.2. The molecule has 2 N–H and O–H groups in total. The minimum Gasteiger partial charge on any atom is -0.366 e. The fourth-order valence-electron chi connectivity index (χ4n) is 6.01. The highest BCUT2D eigenvalue weighted by Gasteiger charge is 2.50. The molecule has 2 aliphatic heterocycles. The molecule has 0 spiro atoms. The molecule has 4 aromatic heterocycles. The molecular weight excluding hydrogens is 574 g/mol. The maximum atomic E-state index is 13.6. The summed E-state index contributed by atoms with van der Waals surface area (Å²) in [5.41, 5.74) is 9.34. The first-order valence-electron chi connectivity index (χ1n) is 14.5. The van der Waals surface area contributed by atoms with Crippen LogP contribution in [0.15, 0.2) is 42.0 Å². The number of carbonyl (C=O) groups excluding carboxylic acids is 2. The number of likely N-dealkylation sites (N-methyl/N-ethyl adjacent to an activating group) is 1. The predicted octanol–water partition coefficient (Wildman–Crippen LogP) is 3.95. The van der Waals surface area contributed by atoms with Crippen molar-refractivity contribution in [2.45, 2.75) is 51.6 Å². The van der Waals surface area contributed by atoms with Gasteiger partial charge in [0.2, 0.25) is 11.8 Å². The van der Waals surface area contributed by atoms with Crippen molar-refractivity contribution in [1.29, 1.82) is 0 Å². The van der Waals surface area contributed by atoms with Crippen molar-refractivity contribution in [1.82, 2.24) is 29.4 Å². The summed E-state index contributed by atoms with van der Waals surface area (Å²) in [7, 11) is 0. The van der Waals surface area contributed by atoms with Gasteiger partial charge in [0, 0.05) is 29.9 Å². The minimum absolute atomic E-state index is 0.0519. The average molecular weight is 609 g/mol. The van der Waals surface area contributed by atoms with Crippen LogP contribution in [0.2, 0.25) is 0 Å². The minimum atomic E-state index is -2.86. The second kappa shape index (κ2) is 11.3. The molecule has 2 aliphatic rings. The first-order valence-corrected chi connectivity index (χ1v) is 15.4. The van der Waals surface area contributed by atoms with E-state index in [2.05, 4.69) is 30.8 Å². The molecule has 0 unspecified atom stereocenters. The second-order valence-corrected chi connectivity index (χ2v) is 12.1. The van der Waals surface area contributed by atoms with E-state index >= 15 is 0 Å². The number of alkyl halides is 2. The summed E-state index contributed by atoms with van der Waals surface area (Å²) >= 11 is 1.57. The van der Waals surface area contributed by atoms with E-state index in [0.717, 1.165) is 23.7 Å². The molecule has 13 heteroatoms. The van der Waals surface area contributed by atoms with E-state index in [0.29, 0.717) is 53.2 Å². The number of amides is 2. The molecule has 0 saturated carbocycles. The summed E-state index contributed by atoms with van der Waals surface area (Å²) < 4.78 is 28.9. The molecule has 43 heavy (non-hydrogen) atoms. The fourth-order valence-corrected chi connectivity index (χ4v) is 6.71. The number of nitrogens with zero attached hydrogens (tertiary/aromatic N) is 7. The van der Waals surface area contributed by atoms with Gasteiger partial charge in [0.15, 0.2) is 5.65 Å². The van der Waals surface area contributed by atoms with E-state index in [1.54, 1.807) is 28.1 Å². The maximum Gasteiger partial charge on any atom is 0.282 e. The lowest BCUT2D eigenvalue weighted by atomic mass is 9.93. The van der Waals surface area contributed by atoms with Crippen LogP contribution in [0.25, 0.3) is 27.5 Å². The Kier molecular flexibility index (Phi) is 7.63. The Morgan fingerprint density at radius 2 is 1.95 bits per heavy atom. The third kappa shape index (κ3) is 5.35. The van der Waals surface area contributed by atoms with Crippen LogP contribution in [0.1, 0.15) is 43.1 Å². The van der Waals surface area contributed by atoms with Crippen LogP contribution in [0, 0.1) is 0 Å². The largest absolute Gasteiger partial charge is 0.366 e. The Balaban J connectivity index is 1.46. The van der Waals surface area contributed by atoms with Crippen molar-refractivity contribution < 1.29 is 18.4 Å². The van der Waals surface area contributed by atoms with Crippen molar-refractivity contribution >= 4 is 34.6 Å². The van der Waals surface area contributed by atoms with Gasteiger partial charge in [-0.3, -0.25) is 9.59 Å². The summed E-state index contributed by atoms with van der Waals surface area (Å²) in [4.78, 5) is 42.5. The molecular formula is C30H34F2N8O2S. The topological polar surface area (TPSA) is 113 Å². The van der Waals surface area contributed by atoms with E-state index in [4.69, 9.17) is 15.7 Å². The van der Waals surface area contributed by atoms with E-state index < -0.39 is 31.0 Å². The van der Waals surface area contributed by atoms with Crippen LogP contribution in [-0.2, 0) is 11.2 Å². The smallest absolute Gasteiger partial charge is 0.282 e. The van der Waals surface area contributed by atoms with Crippen LogP contribution in [-0.4, -0.2) is 91.9 Å². The molecule has 226 valence electrons. The number of pyridine rings is 1. The summed E-state index contributed by atoms with van der Waals surface area (Å²) in [6.45, 7) is 7.21. The summed E-state index contributed by atoms with van der Waals surface area (Å²) in [6.07, 6.45) is 4.45. The van der Waals surface area contributed by atoms with Crippen molar-refractivity contribution in [3.63, 3.8) is 0 Å². The molecule has 2 saturated heterocycles. The quantitative estimate of drug-likeness (QED) is 0.290. The lowest BCUT2D eigenvalue weighted by Crippen LogP contribution is -2.66. The third-order valence-corrected chi connectivity index (χ3v) is 9.35. The lowest BCUT2D eigenvalue weighted by Gasteiger charge is -2.47. The van der Waals surface area contributed by atoms with Gasteiger partial charge in [0.05, 0.1) is 41.1 Å². The molecule has 0 aliphatic carbocycles. The standard InChI is InChI=1S/C30H34F2N8O2S/c1-4-37(5-2)18(3)13-20-19(26(33)41)14-23(21-15-34-40-11-8-22(35-28(21)40)25-7-6-12-43-25)36-27(20)39-10-9-24(39)29(42)38-16-30(31,32)17-38/h6-8,11-12,14-15,18,24H,4-5,9-10,13,16-17H2,1-3H3,(H2,33,41)/t18-,24-/m0/s1. The van der Waals surface area contributed by atoms with Gasteiger partial charge in [-0.05, 0) is 56.4 Å². The molecule has 0 radical (unpaired) electrons. The number of aromatic nitrogens is 4. The number of likely N-dealkylation sites (tertiary alicyclic amines) is 1. The van der Waals surface area contributed by atoms with Gasteiger partial charge in [0.1, 0.15) is 11.9 Å². The number of carbonyl (C=O) groups is 2. The molecule has 0 aromatic carbocycles. The number of anilines is 1. The summed E-state index contributed by atoms with van der Waals surface area (Å²) in [5, 5.41) is 6.45. The number of primary amides is 1. The monoisotopic (exact) mass is 608 g/mol. The van der Waals surface area contributed by atoms with E-state index in [1.807, 2.05) is 34.7 Å². The van der Waals surface area contributed by atoms with E-state index in [1.165, 1.54) is 4.90 Å². The summed E-state index contributed by atoms with van der Waals surface area (Å²) in [6, 6.07) is 6.92. The SMILES string of the molecule is CCN(CC)[C@@H](C)Cc1c(C(N)=O)cc(-c2cnn3ccc(-c4cccs4)nc23)nc1N1CC[C@H]1C(=O)N1CC(F)(F)C1. The lowest BCUT2D eigenvalue weighted by molar-refractivity contribution is -0.168. The average Bonchev–Trinajstić information content (AvgIpc) is 3.62. The van der Waals surface area contributed by atoms with Gasteiger partial charge < -0.3 is 20.4 Å². The van der Waals surface area contributed by atoms with Crippen LogP contribution >= 0.6 is 11.3 Å². The van der Waals surface area contributed by atoms with Crippen molar-refractivity contribution in [3.05, 3.63) is 53.2 Å². The number of hydrogen-bond donors (Lipinski definition) is 1. The van der Waals surface area contributed by atoms with Crippen LogP contribution < -0.4 is 10.6 Å². The Bertz CT molecular complexity index is 1660. The van der Waals surface area contributed by atoms with Crippen LogP contribution in [0.4, 0.5) is 14.6 Å². The Labute approximate surface area is 252 Å². The van der Waals surface area contributed by atoms with Gasteiger partial charge in [-0.1, -0.05) is 19.9 Å². The normalized spacial score (nSPS) is 18.5. The van der Waals surface area contributed by atoms with Crippen molar-refractivity contribution in [3.8, 4) is 21.8 Å². The van der Waals surface area contributed by atoms with Crippen molar-refractivity contribution in [2.24, 2.45) is 5.73 Å². The molecule has 6 rings (SSSR count). The Hall–Kier alpha value is -3.97. The first kappa shape index (κ1) is 29.1.